The number of hydrogen-bond acceptors (Lipinski definition) is 4. The lowest BCUT2D eigenvalue weighted by Gasteiger charge is -2.26. The van der Waals surface area contributed by atoms with Crippen molar-refractivity contribution in [3.05, 3.63) is 36.2 Å². The largest absolute Gasteiger partial charge is 0.310 e. The predicted octanol–water partition coefficient (Wildman–Crippen LogP) is 2.21. The van der Waals surface area contributed by atoms with E-state index in [0.717, 1.165) is 36.4 Å². The first-order valence-corrected chi connectivity index (χ1v) is 7.55. The highest BCUT2D eigenvalue weighted by molar-refractivity contribution is 5.73. The maximum absolute atomic E-state index is 4.62. The van der Waals surface area contributed by atoms with Crippen LogP contribution in [0.2, 0.25) is 0 Å². The third-order valence-electron chi connectivity index (χ3n) is 3.86. The molecule has 1 aliphatic heterocycles. The first-order valence-electron chi connectivity index (χ1n) is 7.55. The molecule has 0 saturated carbocycles. The molecule has 0 amide bonds. The molecule has 0 atom stereocenters. The van der Waals surface area contributed by atoms with E-state index in [9.17, 15) is 0 Å². The van der Waals surface area contributed by atoms with Gasteiger partial charge in [0.15, 0.2) is 0 Å². The molecule has 4 nitrogen and oxygen atoms in total. The molecule has 4 heteroatoms. The van der Waals surface area contributed by atoms with Crippen LogP contribution in [0.3, 0.4) is 0 Å². The monoisotopic (exact) mass is 270 g/mol. The molecule has 106 valence electrons. The number of rotatable bonds is 5. The number of nitrogens with one attached hydrogen (secondary N) is 1. The molecule has 0 radical (unpaired) electrons. The smallest absolute Gasteiger partial charge is 0.0890 e. The van der Waals surface area contributed by atoms with Gasteiger partial charge in [0.05, 0.1) is 22.9 Å². The summed E-state index contributed by atoms with van der Waals surface area (Å²) < 4.78 is 0. The van der Waals surface area contributed by atoms with Gasteiger partial charge >= 0.3 is 0 Å². The van der Waals surface area contributed by atoms with E-state index in [1.165, 1.54) is 32.4 Å². The van der Waals surface area contributed by atoms with E-state index >= 15 is 0 Å². The molecule has 1 saturated heterocycles. The van der Waals surface area contributed by atoms with E-state index in [0.29, 0.717) is 0 Å². The molecule has 3 rings (SSSR count). The van der Waals surface area contributed by atoms with Gasteiger partial charge in [-0.05, 0) is 38.1 Å². The molecule has 2 aromatic rings. The molecule has 20 heavy (non-hydrogen) atoms. The Morgan fingerprint density at radius 3 is 2.70 bits per heavy atom. The number of para-hydroxylation sites is 2. The van der Waals surface area contributed by atoms with Crippen molar-refractivity contribution in [3.8, 4) is 0 Å². The highest BCUT2D eigenvalue weighted by Crippen LogP contribution is 2.09. The minimum Gasteiger partial charge on any atom is -0.310 e. The summed E-state index contributed by atoms with van der Waals surface area (Å²) in [6, 6.07) is 8.01. The average Bonchev–Trinajstić information content (AvgIpc) is 2.52. The first kappa shape index (κ1) is 13.5. The zero-order valence-electron chi connectivity index (χ0n) is 11.9. The highest BCUT2D eigenvalue weighted by Gasteiger charge is 2.08. The van der Waals surface area contributed by atoms with E-state index in [1.807, 2.05) is 30.5 Å². The topological polar surface area (TPSA) is 41.1 Å². The van der Waals surface area contributed by atoms with Gasteiger partial charge in [-0.25, -0.2) is 4.98 Å². The fourth-order valence-corrected chi connectivity index (χ4v) is 2.72. The summed E-state index contributed by atoms with van der Waals surface area (Å²) in [7, 11) is 0. The molecular weight excluding hydrogens is 248 g/mol. The quantitative estimate of drug-likeness (QED) is 0.846. The molecule has 0 unspecified atom stereocenters. The van der Waals surface area contributed by atoms with Crippen molar-refractivity contribution in [2.45, 2.75) is 25.8 Å². The predicted molar refractivity (Wildman–Crippen MR) is 81.5 cm³/mol. The lowest BCUT2D eigenvalue weighted by atomic mass is 10.1. The molecule has 1 fully saturated rings. The van der Waals surface area contributed by atoms with Crippen LogP contribution in [0.1, 0.15) is 25.0 Å². The van der Waals surface area contributed by atoms with E-state index < -0.39 is 0 Å². The van der Waals surface area contributed by atoms with Crippen molar-refractivity contribution in [3.63, 3.8) is 0 Å². The van der Waals surface area contributed by atoms with Gasteiger partial charge in [0.2, 0.25) is 0 Å². The second-order valence-electron chi connectivity index (χ2n) is 5.43. The minimum absolute atomic E-state index is 0.797. The molecular formula is C16H22N4. The fraction of sp³-hybridized carbons (Fsp3) is 0.500. The molecule has 1 aliphatic rings. The lowest BCUT2D eigenvalue weighted by Crippen LogP contribution is -2.35. The third kappa shape index (κ3) is 3.52. The number of aromatic nitrogens is 2. The van der Waals surface area contributed by atoms with Gasteiger partial charge in [-0.2, -0.15) is 0 Å². The molecule has 0 aliphatic carbocycles. The first-order chi connectivity index (χ1) is 9.92. The summed E-state index contributed by atoms with van der Waals surface area (Å²) in [4.78, 5) is 11.6. The van der Waals surface area contributed by atoms with Gasteiger partial charge < -0.3 is 10.2 Å². The zero-order chi connectivity index (χ0) is 13.6. The van der Waals surface area contributed by atoms with Crippen molar-refractivity contribution < 1.29 is 0 Å². The average molecular weight is 270 g/mol. The molecule has 0 bridgehead atoms. The maximum atomic E-state index is 4.62. The lowest BCUT2D eigenvalue weighted by molar-refractivity contribution is 0.229. The molecule has 1 N–H and O–H groups in total. The van der Waals surface area contributed by atoms with Crippen molar-refractivity contribution in [2.75, 3.05) is 26.2 Å². The van der Waals surface area contributed by atoms with Gasteiger partial charge in [-0.15, -0.1) is 0 Å². The maximum Gasteiger partial charge on any atom is 0.0890 e. The van der Waals surface area contributed by atoms with Crippen LogP contribution >= 0.6 is 0 Å². The SMILES string of the molecule is c1ccc2nc(CNCCN3CCCCC3)cnc2c1. The van der Waals surface area contributed by atoms with E-state index in [-0.39, 0.29) is 0 Å². The normalized spacial score (nSPS) is 16.6. The minimum atomic E-state index is 0.797. The Balaban J connectivity index is 1.47. The van der Waals surface area contributed by atoms with Crippen molar-refractivity contribution in [1.29, 1.82) is 0 Å². The van der Waals surface area contributed by atoms with Crippen LogP contribution in [0.4, 0.5) is 0 Å². The third-order valence-corrected chi connectivity index (χ3v) is 3.86. The second kappa shape index (κ2) is 6.77. The van der Waals surface area contributed by atoms with Crippen LogP contribution in [0.25, 0.3) is 11.0 Å². The number of benzene rings is 1. The number of piperidine rings is 1. The van der Waals surface area contributed by atoms with E-state index in [1.54, 1.807) is 0 Å². The Hall–Kier alpha value is -1.52. The van der Waals surface area contributed by atoms with Crippen LogP contribution in [0.15, 0.2) is 30.5 Å². The van der Waals surface area contributed by atoms with Gasteiger partial charge in [0.25, 0.3) is 0 Å². The molecule has 2 heterocycles. The summed E-state index contributed by atoms with van der Waals surface area (Å²) >= 11 is 0. The Labute approximate surface area is 120 Å². The second-order valence-corrected chi connectivity index (χ2v) is 5.43. The van der Waals surface area contributed by atoms with E-state index in [2.05, 4.69) is 20.2 Å². The summed E-state index contributed by atoms with van der Waals surface area (Å²) in [5.41, 5.74) is 2.95. The van der Waals surface area contributed by atoms with Gasteiger partial charge in [-0.1, -0.05) is 18.6 Å². The van der Waals surface area contributed by atoms with Crippen molar-refractivity contribution >= 4 is 11.0 Å². The van der Waals surface area contributed by atoms with Crippen LogP contribution < -0.4 is 5.32 Å². The van der Waals surface area contributed by atoms with Gasteiger partial charge in [-0.3, -0.25) is 4.98 Å². The molecule has 0 spiro atoms. The van der Waals surface area contributed by atoms with E-state index in [4.69, 9.17) is 0 Å². The Morgan fingerprint density at radius 1 is 1.05 bits per heavy atom. The zero-order valence-corrected chi connectivity index (χ0v) is 11.9. The number of nitrogens with zero attached hydrogens (tertiary/aromatic N) is 3. The summed E-state index contributed by atoms with van der Waals surface area (Å²) in [5, 5.41) is 3.47. The highest BCUT2D eigenvalue weighted by atomic mass is 15.1. The summed E-state index contributed by atoms with van der Waals surface area (Å²) in [6.45, 7) is 5.48. The Morgan fingerprint density at radius 2 is 1.85 bits per heavy atom. The van der Waals surface area contributed by atoms with Crippen LogP contribution in [-0.2, 0) is 6.54 Å². The number of hydrogen-bond donors (Lipinski definition) is 1. The van der Waals surface area contributed by atoms with Crippen molar-refractivity contribution in [2.24, 2.45) is 0 Å². The summed E-state index contributed by atoms with van der Waals surface area (Å²) in [6.07, 6.45) is 5.99. The van der Waals surface area contributed by atoms with Gasteiger partial charge in [0.1, 0.15) is 0 Å². The van der Waals surface area contributed by atoms with Crippen LogP contribution in [0.5, 0.6) is 0 Å². The molecule has 1 aromatic carbocycles. The number of likely N-dealkylation sites (tertiary alicyclic amines) is 1. The van der Waals surface area contributed by atoms with Crippen LogP contribution in [-0.4, -0.2) is 41.0 Å². The standard InChI is InChI=1S/C16H22N4/c1-4-9-20(10-5-1)11-8-17-12-14-13-18-15-6-2-3-7-16(15)19-14/h2-3,6-7,13,17H,1,4-5,8-12H2. The van der Waals surface area contributed by atoms with Crippen LogP contribution in [0, 0.1) is 0 Å². The Kier molecular flexibility index (Phi) is 4.56. The fourth-order valence-electron chi connectivity index (χ4n) is 2.72. The van der Waals surface area contributed by atoms with Crippen molar-refractivity contribution in [1.82, 2.24) is 20.2 Å². The van der Waals surface area contributed by atoms with Gasteiger partial charge in [0, 0.05) is 19.6 Å². The summed E-state index contributed by atoms with van der Waals surface area (Å²) in [5.74, 6) is 0. The number of fused-ring (bicyclic) bond motifs is 1. The Bertz CT molecular complexity index is 549. The molecule has 1 aromatic heterocycles.